The van der Waals surface area contributed by atoms with E-state index in [1.54, 1.807) is 7.11 Å². The van der Waals surface area contributed by atoms with Crippen LogP contribution in [0.3, 0.4) is 0 Å². The lowest BCUT2D eigenvalue weighted by Gasteiger charge is -2.11. The Morgan fingerprint density at radius 3 is 2.42 bits per heavy atom. The van der Waals surface area contributed by atoms with Gasteiger partial charge in [-0.05, 0) is 23.3 Å². The number of hydrogen-bond donors (Lipinski definition) is 0. The number of nitrogens with zero attached hydrogens (tertiary/aromatic N) is 1. The molecule has 0 heterocycles. The summed E-state index contributed by atoms with van der Waals surface area (Å²) in [5.74, 6) is 0. The highest BCUT2D eigenvalue weighted by Gasteiger charge is 2.07. The predicted molar refractivity (Wildman–Crippen MR) is 80.1 cm³/mol. The smallest absolute Gasteiger partial charge is 0.0982 e. The van der Waals surface area contributed by atoms with Crippen molar-refractivity contribution >= 4 is 17.8 Å². The van der Waals surface area contributed by atoms with Gasteiger partial charge in [0.2, 0.25) is 0 Å². The van der Waals surface area contributed by atoms with E-state index in [4.69, 9.17) is 16.3 Å². The van der Waals surface area contributed by atoms with Gasteiger partial charge in [0, 0.05) is 18.3 Å². The third-order valence-corrected chi connectivity index (χ3v) is 3.03. The van der Waals surface area contributed by atoms with E-state index < -0.39 is 0 Å². The predicted octanol–water partition coefficient (Wildman–Crippen LogP) is 4.15. The molecule has 0 fully saturated rings. The molecule has 1 atom stereocenters. The van der Waals surface area contributed by atoms with Gasteiger partial charge in [0.25, 0.3) is 0 Å². The molecule has 0 unspecified atom stereocenters. The Morgan fingerprint density at radius 1 is 1.11 bits per heavy atom. The zero-order chi connectivity index (χ0) is 13.5. The molecule has 2 nitrogen and oxygen atoms in total. The first-order valence-corrected chi connectivity index (χ1v) is 6.50. The van der Waals surface area contributed by atoms with Gasteiger partial charge in [-0.1, -0.05) is 54.1 Å². The van der Waals surface area contributed by atoms with Crippen molar-refractivity contribution in [3.8, 4) is 0 Å². The first kappa shape index (κ1) is 13.8. The summed E-state index contributed by atoms with van der Waals surface area (Å²) in [6.07, 6.45) is 1.85. The van der Waals surface area contributed by atoms with Gasteiger partial charge in [-0.3, -0.25) is 4.99 Å². The summed E-state index contributed by atoms with van der Waals surface area (Å²) in [6, 6.07) is 17.8. The van der Waals surface area contributed by atoms with Gasteiger partial charge >= 0.3 is 0 Å². The van der Waals surface area contributed by atoms with E-state index in [1.165, 1.54) is 0 Å². The van der Waals surface area contributed by atoms with Gasteiger partial charge in [-0.15, -0.1) is 0 Å². The maximum Gasteiger partial charge on any atom is 0.0982 e. The van der Waals surface area contributed by atoms with Crippen LogP contribution in [0, 0.1) is 0 Å². The third-order valence-electron chi connectivity index (χ3n) is 2.78. The highest BCUT2D eigenvalue weighted by atomic mass is 35.5. The fourth-order valence-corrected chi connectivity index (χ4v) is 1.91. The molecule has 0 amide bonds. The molecule has 0 saturated carbocycles. The van der Waals surface area contributed by atoms with Crippen LogP contribution in [0.4, 0.5) is 0 Å². The van der Waals surface area contributed by atoms with Gasteiger partial charge in [-0.25, -0.2) is 0 Å². The highest BCUT2D eigenvalue weighted by molar-refractivity contribution is 6.30. The second-order valence-corrected chi connectivity index (χ2v) is 4.65. The first-order valence-electron chi connectivity index (χ1n) is 6.12. The standard InChI is InChI=1S/C16H16ClNO/c1-19-12-16(14-5-3-2-4-6-14)18-11-13-7-9-15(17)10-8-13/h2-11,16H,12H2,1H3/t16-/m0/s1. The Labute approximate surface area is 118 Å². The monoisotopic (exact) mass is 273 g/mol. The van der Waals surface area contributed by atoms with Crippen molar-refractivity contribution in [1.29, 1.82) is 0 Å². The summed E-state index contributed by atoms with van der Waals surface area (Å²) in [5, 5.41) is 0.730. The van der Waals surface area contributed by atoms with E-state index in [2.05, 4.69) is 17.1 Å². The quantitative estimate of drug-likeness (QED) is 0.750. The lowest BCUT2D eigenvalue weighted by Crippen LogP contribution is -2.04. The lowest BCUT2D eigenvalue weighted by atomic mass is 10.1. The molecule has 0 spiro atoms. The van der Waals surface area contributed by atoms with E-state index >= 15 is 0 Å². The molecule has 0 N–H and O–H groups in total. The summed E-state index contributed by atoms with van der Waals surface area (Å²) < 4.78 is 5.23. The highest BCUT2D eigenvalue weighted by Crippen LogP contribution is 2.17. The maximum absolute atomic E-state index is 5.86. The number of aliphatic imine (C=N–C) groups is 1. The zero-order valence-corrected chi connectivity index (χ0v) is 11.5. The fourth-order valence-electron chi connectivity index (χ4n) is 1.78. The lowest BCUT2D eigenvalue weighted by molar-refractivity contribution is 0.182. The molecule has 0 bridgehead atoms. The van der Waals surface area contributed by atoms with E-state index in [0.29, 0.717) is 6.61 Å². The third kappa shape index (κ3) is 4.19. The maximum atomic E-state index is 5.86. The van der Waals surface area contributed by atoms with E-state index in [1.807, 2.05) is 48.7 Å². The molecule has 0 radical (unpaired) electrons. The number of ether oxygens (including phenoxy) is 1. The van der Waals surface area contributed by atoms with E-state index in [-0.39, 0.29) is 6.04 Å². The van der Waals surface area contributed by atoms with Crippen LogP contribution in [0.1, 0.15) is 17.2 Å². The van der Waals surface area contributed by atoms with E-state index in [0.717, 1.165) is 16.1 Å². The topological polar surface area (TPSA) is 21.6 Å². The molecular weight excluding hydrogens is 258 g/mol. The number of rotatable bonds is 5. The van der Waals surface area contributed by atoms with Crippen molar-refractivity contribution in [3.05, 3.63) is 70.7 Å². The second-order valence-electron chi connectivity index (χ2n) is 4.21. The molecule has 2 rings (SSSR count). The minimum Gasteiger partial charge on any atom is -0.382 e. The first-order chi connectivity index (χ1) is 9.29. The average Bonchev–Trinajstić information content (AvgIpc) is 2.46. The van der Waals surface area contributed by atoms with Crippen LogP contribution in [0.5, 0.6) is 0 Å². The van der Waals surface area contributed by atoms with Crippen molar-refractivity contribution in [2.45, 2.75) is 6.04 Å². The van der Waals surface area contributed by atoms with Crippen LogP contribution < -0.4 is 0 Å². The molecule has 0 aliphatic rings. The Kier molecular flexibility index (Phi) is 5.13. The van der Waals surface area contributed by atoms with Crippen molar-refractivity contribution < 1.29 is 4.74 Å². The van der Waals surface area contributed by atoms with Crippen molar-refractivity contribution in [1.82, 2.24) is 0 Å². The molecule has 3 heteroatoms. The number of halogens is 1. The normalized spacial score (nSPS) is 12.7. The fraction of sp³-hybridized carbons (Fsp3) is 0.188. The Morgan fingerprint density at radius 2 is 1.79 bits per heavy atom. The second kappa shape index (κ2) is 7.07. The van der Waals surface area contributed by atoms with Crippen LogP contribution >= 0.6 is 11.6 Å². The number of hydrogen-bond acceptors (Lipinski definition) is 2. The largest absolute Gasteiger partial charge is 0.382 e. The molecule has 0 saturated heterocycles. The Bertz CT molecular complexity index is 522. The van der Waals surface area contributed by atoms with Gasteiger partial charge < -0.3 is 4.74 Å². The average molecular weight is 274 g/mol. The molecule has 2 aromatic rings. The summed E-state index contributed by atoms with van der Waals surface area (Å²) in [5.41, 5.74) is 2.18. The molecule has 19 heavy (non-hydrogen) atoms. The SMILES string of the molecule is COC[C@H](N=Cc1ccc(Cl)cc1)c1ccccc1. The number of methoxy groups -OCH3 is 1. The van der Waals surface area contributed by atoms with Crippen LogP contribution in [-0.2, 0) is 4.74 Å². The minimum absolute atomic E-state index is 0.0156. The summed E-state index contributed by atoms with van der Waals surface area (Å²) in [6.45, 7) is 0.564. The summed E-state index contributed by atoms with van der Waals surface area (Å²) in [7, 11) is 1.69. The van der Waals surface area contributed by atoms with Crippen molar-refractivity contribution in [3.63, 3.8) is 0 Å². The van der Waals surface area contributed by atoms with Gasteiger partial charge in [0.05, 0.1) is 12.6 Å². The van der Waals surface area contributed by atoms with Gasteiger partial charge in [0.15, 0.2) is 0 Å². The zero-order valence-electron chi connectivity index (χ0n) is 10.8. The molecule has 0 aliphatic carbocycles. The Hall–Kier alpha value is -1.64. The van der Waals surface area contributed by atoms with Crippen LogP contribution in [0.25, 0.3) is 0 Å². The molecule has 2 aromatic carbocycles. The Balaban J connectivity index is 2.14. The van der Waals surface area contributed by atoms with Crippen molar-refractivity contribution in [2.24, 2.45) is 4.99 Å². The molecule has 0 aromatic heterocycles. The molecule has 98 valence electrons. The van der Waals surface area contributed by atoms with Crippen LogP contribution in [-0.4, -0.2) is 19.9 Å². The minimum atomic E-state index is 0.0156. The summed E-state index contributed by atoms with van der Waals surface area (Å²) >= 11 is 5.86. The van der Waals surface area contributed by atoms with Crippen molar-refractivity contribution in [2.75, 3.05) is 13.7 Å². The molecule has 0 aliphatic heterocycles. The van der Waals surface area contributed by atoms with Crippen LogP contribution in [0.2, 0.25) is 5.02 Å². The van der Waals surface area contributed by atoms with Gasteiger partial charge in [-0.2, -0.15) is 0 Å². The van der Waals surface area contributed by atoms with Gasteiger partial charge in [0.1, 0.15) is 0 Å². The summed E-state index contributed by atoms with van der Waals surface area (Å²) in [4.78, 5) is 4.59. The van der Waals surface area contributed by atoms with E-state index in [9.17, 15) is 0 Å². The number of benzene rings is 2. The molecular formula is C16H16ClNO. The van der Waals surface area contributed by atoms with Crippen LogP contribution in [0.15, 0.2) is 59.6 Å².